The van der Waals surface area contributed by atoms with Gasteiger partial charge in [-0.3, -0.25) is 4.79 Å². The van der Waals surface area contributed by atoms with Crippen molar-refractivity contribution in [3.63, 3.8) is 0 Å². The molecule has 23 heavy (non-hydrogen) atoms. The molecule has 0 unspecified atom stereocenters. The van der Waals surface area contributed by atoms with Gasteiger partial charge in [0.25, 0.3) is 5.56 Å². The summed E-state index contributed by atoms with van der Waals surface area (Å²) in [6.45, 7) is 3.99. The number of methoxy groups -OCH3 is 1. The fourth-order valence-corrected chi connectivity index (χ4v) is 2.74. The van der Waals surface area contributed by atoms with E-state index in [0.717, 1.165) is 22.6 Å². The Morgan fingerprint density at radius 3 is 2.70 bits per heavy atom. The van der Waals surface area contributed by atoms with Crippen LogP contribution in [0.4, 0.5) is 0 Å². The average Bonchev–Trinajstić information content (AvgIpc) is 3.36. The van der Waals surface area contributed by atoms with Crippen molar-refractivity contribution in [1.29, 1.82) is 0 Å². The molecule has 1 saturated carbocycles. The number of pyridine rings is 1. The minimum Gasteiger partial charge on any atom is -0.497 e. The second kappa shape index (κ2) is 6.34. The second-order valence-corrected chi connectivity index (χ2v) is 6.09. The van der Waals surface area contributed by atoms with Crippen molar-refractivity contribution in [3.8, 4) is 17.6 Å². The Balaban J connectivity index is 1.95. The first kappa shape index (κ1) is 15.4. The maximum atomic E-state index is 12.6. The van der Waals surface area contributed by atoms with Gasteiger partial charge < -0.3 is 9.30 Å². The van der Waals surface area contributed by atoms with Crippen molar-refractivity contribution < 1.29 is 4.74 Å². The van der Waals surface area contributed by atoms with Crippen molar-refractivity contribution >= 4 is 0 Å². The number of nitrogens with zero attached hydrogens (tertiary/aromatic N) is 1. The van der Waals surface area contributed by atoms with Crippen LogP contribution in [0.5, 0.6) is 5.75 Å². The lowest BCUT2D eigenvalue weighted by atomic mass is 10.1. The number of rotatable bonds is 3. The molecule has 1 aliphatic carbocycles. The zero-order valence-electron chi connectivity index (χ0n) is 13.8. The summed E-state index contributed by atoms with van der Waals surface area (Å²) in [4.78, 5) is 12.6. The lowest BCUT2D eigenvalue weighted by Crippen LogP contribution is -2.25. The predicted molar refractivity (Wildman–Crippen MR) is 91.8 cm³/mol. The zero-order chi connectivity index (χ0) is 16.4. The third-order valence-corrected chi connectivity index (χ3v) is 4.22. The molecule has 1 aromatic heterocycles. The van der Waals surface area contributed by atoms with E-state index in [9.17, 15) is 4.79 Å². The summed E-state index contributed by atoms with van der Waals surface area (Å²) in [5, 5.41) is 0. The largest absolute Gasteiger partial charge is 0.497 e. The molecule has 1 fully saturated rings. The number of benzene rings is 1. The predicted octanol–water partition coefficient (Wildman–Crippen LogP) is 3.54. The van der Waals surface area contributed by atoms with Crippen molar-refractivity contribution in [2.75, 3.05) is 7.11 Å². The highest BCUT2D eigenvalue weighted by atomic mass is 16.5. The molecule has 2 aromatic rings. The van der Waals surface area contributed by atoms with Crippen LogP contribution in [0.3, 0.4) is 0 Å². The number of aromatic nitrogens is 1. The van der Waals surface area contributed by atoms with Gasteiger partial charge in [0.1, 0.15) is 5.75 Å². The highest BCUT2D eigenvalue weighted by molar-refractivity contribution is 5.37. The summed E-state index contributed by atoms with van der Waals surface area (Å²) >= 11 is 0. The molecule has 3 nitrogen and oxygen atoms in total. The topological polar surface area (TPSA) is 31.2 Å². The van der Waals surface area contributed by atoms with E-state index < -0.39 is 0 Å². The van der Waals surface area contributed by atoms with Gasteiger partial charge in [0.15, 0.2) is 0 Å². The van der Waals surface area contributed by atoms with Crippen LogP contribution in [-0.2, 0) is 0 Å². The fourth-order valence-electron chi connectivity index (χ4n) is 2.74. The van der Waals surface area contributed by atoms with Crippen molar-refractivity contribution in [2.45, 2.75) is 32.7 Å². The highest BCUT2D eigenvalue weighted by Gasteiger charge is 2.18. The number of hydrogen-bond donors (Lipinski definition) is 0. The molecule has 0 radical (unpaired) electrons. The van der Waals surface area contributed by atoms with Crippen molar-refractivity contribution in [3.05, 3.63) is 63.6 Å². The molecule has 0 saturated heterocycles. The fraction of sp³-hybridized carbons (Fsp3) is 0.350. The van der Waals surface area contributed by atoms with Crippen LogP contribution in [0.25, 0.3) is 0 Å². The smallest absolute Gasteiger partial charge is 0.252 e. The SMILES string of the molecule is COc1cccc([C@@H](C)n2c(C)cc(C#CC3CC3)cc2=O)c1. The molecule has 1 heterocycles. The molecule has 0 spiro atoms. The molecule has 3 heteroatoms. The van der Waals surface area contributed by atoms with Crippen LogP contribution in [0, 0.1) is 24.7 Å². The number of ether oxygens (including phenoxy) is 1. The van der Waals surface area contributed by atoms with Crippen LogP contribution in [-0.4, -0.2) is 11.7 Å². The average molecular weight is 307 g/mol. The minimum atomic E-state index is -0.0527. The van der Waals surface area contributed by atoms with E-state index in [4.69, 9.17) is 4.74 Å². The Labute approximate surface area is 136 Å². The summed E-state index contributed by atoms with van der Waals surface area (Å²) < 4.78 is 7.08. The maximum absolute atomic E-state index is 12.6. The highest BCUT2D eigenvalue weighted by Crippen LogP contribution is 2.27. The summed E-state index contributed by atoms with van der Waals surface area (Å²) in [5.41, 5.74) is 2.77. The summed E-state index contributed by atoms with van der Waals surface area (Å²) in [6, 6.07) is 11.4. The lowest BCUT2D eigenvalue weighted by Gasteiger charge is -2.19. The molecular weight excluding hydrogens is 286 g/mol. The Morgan fingerprint density at radius 1 is 1.26 bits per heavy atom. The van der Waals surface area contributed by atoms with Gasteiger partial charge in [-0.1, -0.05) is 24.0 Å². The first-order valence-corrected chi connectivity index (χ1v) is 7.97. The molecule has 0 bridgehead atoms. The van der Waals surface area contributed by atoms with Gasteiger partial charge in [0, 0.05) is 23.2 Å². The van der Waals surface area contributed by atoms with Crippen molar-refractivity contribution in [1.82, 2.24) is 4.57 Å². The Bertz CT molecular complexity index is 835. The normalized spacial score (nSPS) is 14.7. The molecule has 118 valence electrons. The van der Waals surface area contributed by atoms with Crippen LogP contribution >= 0.6 is 0 Å². The maximum Gasteiger partial charge on any atom is 0.252 e. The van der Waals surface area contributed by atoms with Gasteiger partial charge in [0.05, 0.1) is 13.2 Å². The van der Waals surface area contributed by atoms with Gasteiger partial charge in [-0.15, -0.1) is 0 Å². The summed E-state index contributed by atoms with van der Waals surface area (Å²) in [5.74, 6) is 7.67. The Hall–Kier alpha value is -2.47. The van der Waals surface area contributed by atoms with E-state index in [1.807, 2.05) is 44.2 Å². The van der Waals surface area contributed by atoms with Crippen LogP contribution in [0.15, 0.2) is 41.2 Å². The third kappa shape index (κ3) is 3.48. The van der Waals surface area contributed by atoms with Gasteiger partial charge >= 0.3 is 0 Å². The molecule has 1 atom stereocenters. The standard InChI is InChI=1S/C20H21NO2/c1-14-11-17(10-9-16-7-8-16)12-20(22)21(14)15(2)18-5-4-6-19(13-18)23-3/h4-6,11-13,15-16H,7-8H2,1-3H3/t15-/m1/s1. The first-order chi connectivity index (χ1) is 11.1. The number of aryl methyl sites for hydroxylation is 1. The Morgan fingerprint density at radius 2 is 2.04 bits per heavy atom. The monoisotopic (exact) mass is 307 g/mol. The van der Waals surface area contributed by atoms with Crippen LogP contribution in [0.1, 0.15) is 42.6 Å². The van der Waals surface area contributed by atoms with Crippen LogP contribution < -0.4 is 10.3 Å². The van der Waals surface area contributed by atoms with Crippen LogP contribution in [0.2, 0.25) is 0 Å². The van der Waals surface area contributed by atoms with Crippen molar-refractivity contribution in [2.24, 2.45) is 5.92 Å². The summed E-state index contributed by atoms with van der Waals surface area (Å²) in [7, 11) is 1.65. The Kier molecular flexibility index (Phi) is 4.25. The van der Waals surface area contributed by atoms with Gasteiger partial charge in [0.2, 0.25) is 0 Å². The van der Waals surface area contributed by atoms with Gasteiger partial charge in [-0.2, -0.15) is 0 Å². The molecular formula is C20H21NO2. The number of hydrogen-bond acceptors (Lipinski definition) is 2. The first-order valence-electron chi connectivity index (χ1n) is 7.97. The molecule has 1 aliphatic rings. The van der Waals surface area contributed by atoms with E-state index in [1.165, 1.54) is 12.8 Å². The van der Waals surface area contributed by atoms with E-state index in [0.29, 0.717) is 5.92 Å². The van der Waals surface area contributed by atoms with E-state index in [-0.39, 0.29) is 11.6 Å². The minimum absolute atomic E-state index is 0.0135. The van der Waals surface area contributed by atoms with E-state index in [1.54, 1.807) is 17.7 Å². The zero-order valence-corrected chi connectivity index (χ0v) is 13.8. The van der Waals surface area contributed by atoms with E-state index >= 15 is 0 Å². The molecule has 0 amide bonds. The lowest BCUT2D eigenvalue weighted by molar-refractivity contribution is 0.413. The quantitative estimate of drug-likeness (QED) is 0.812. The third-order valence-electron chi connectivity index (χ3n) is 4.22. The molecule has 0 aliphatic heterocycles. The summed E-state index contributed by atoms with van der Waals surface area (Å²) in [6.07, 6.45) is 2.38. The van der Waals surface area contributed by atoms with Gasteiger partial charge in [-0.05, 0) is 50.5 Å². The van der Waals surface area contributed by atoms with Gasteiger partial charge in [-0.25, -0.2) is 0 Å². The second-order valence-electron chi connectivity index (χ2n) is 6.09. The van der Waals surface area contributed by atoms with E-state index in [2.05, 4.69) is 11.8 Å². The molecule has 1 aromatic carbocycles. The molecule has 0 N–H and O–H groups in total. The molecule has 3 rings (SSSR count).